The van der Waals surface area contributed by atoms with E-state index in [9.17, 15) is 14.4 Å². The van der Waals surface area contributed by atoms with Gasteiger partial charge in [-0.15, -0.1) is 11.8 Å². The Labute approximate surface area is 280 Å². The molecule has 0 radical (unpaired) electrons. The van der Waals surface area contributed by atoms with Gasteiger partial charge in [0.25, 0.3) is 11.8 Å². The smallest absolute Gasteiger partial charge is 0.272 e. The minimum absolute atomic E-state index is 0.0462. The summed E-state index contributed by atoms with van der Waals surface area (Å²) in [6.45, 7) is 6.13. The fraction of sp³-hybridized carbons (Fsp3) is 0.125. The number of hydrogen-bond donors (Lipinski definition) is 2. The van der Waals surface area contributed by atoms with Crippen LogP contribution in [0.1, 0.15) is 48.2 Å². The second-order valence-corrected chi connectivity index (χ2v) is 12.7. The predicted octanol–water partition coefficient (Wildman–Crippen LogP) is 9.07. The summed E-state index contributed by atoms with van der Waals surface area (Å²) in [5, 5.41) is 5.31. The van der Waals surface area contributed by atoms with Gasteiger partial charge in [-0.1, -0.05) is 92.7 Å². The molecule has 6 nitrogen and oxygen atoms in total. The summed E-state index contributed by atoms with van der Waals surface area (Å²) in [7, 11) is 0. The highest BCUT2D eigenvalue weighted by atomic mass is 32.2. The maximum Gasteiger partial charge on any atom is 0.272 e. The third kappa shape index (κ3) is 8.87. The van der Waals surface area contributed by atoms with E-state index in [1.807, 2.05) is 110 Å². The Morgan fingerprint density at radius 3 is 1.72 bits per heavy atom. The fourth-order valence-electron chi connectivity index (χ4n) is 4.90. The van der Waals surface area contributed by atoms with Crippen molar-refractivity contribution >= 4 is 52.6 Å². The van der Waals surface area contributed by atoms with Crippen molar-refractivity contribution < 1.29 is 14.4 Å². The first-order chi connectivity index (χ1) is 22.8. The quantitative estimate of drug-likeness (QED) is 0.112. The molecule has 5 aromatic rings. The molecule has 0 aliphatic rings. The highest BCUT2D eigenvalue weighted by molar-refractivity contribution is 8.00. The lowest BCUT2D eigenvalue weighted by Gasteiger charge is -2.26. The molecule has 0 bridgehead atoms. The van der Waals surface area contributed by atoms with E-state index < -0.39 is 5.91 Å². The third-order valence-electron chi connectivity index (χ3n) is 7.46. The predicted molar refractivity (Wildman–Crippen MR) is 193 cm³/mol. The molecule has 5 rings (SSSR count). The van der Waals surface area contributed by atoms with Crippen LogP contribution in [0, 0.1) is 0 Å². The first kappa shape index (κ1) is 33.0. The molecule has 0 heterocycles. The average molecular weight is 640 g/mol. The summed E-state index contributed by atoms with van der Waals surface area (Å²) in [5.74, 6) is -0.499. The Hall–Kier alpha value is -5.40. The summed E-state index contributed by atoms with van der Waals surface area (Å²) in [5.41, 5.74) is 4.70. The SMILES string of the molecule is CC(Sc1ccc(NC(=O)/C(=C/c2ccc(C(C)C)cc2)NC(=O)c2ccccc2)cc1)C(=O)N(c1ccccc1)c1ccccc1. The molecule has 7 heteroatoms. The normalized spacial score (nSPS) is 11.9. The van der Waals surface area contributed by atoms with Crippen molar-refractivity contribution in [1.82, 2.24) is 5.32 Å². The standard InChI is InChI=1S/C40H37N3O3S/c1-28(2)31-21-19-30(20-22-31)27-37(42-38(44)32-13-7-4-8-14-32)39(45)41-33-23-25-36(26-24-33)47-29(3)40(46)43(34-15-9-5-10-16-34)35-17-11-6-12-18-35/h4-29H,1-3H3,(H,41,45)(H,42,44)/b37-27-. The van der Waals surface area contributed by atoms with Crippen LogP contribution in [0.15, 0.2) is 150 Å². The summed E-state index contributed by atoms with van der Waals surface area (Å²) < 4.78 is 0. The number of carbonyl (C=O) groups is 3. The van der Waals surface area contributed by atoms with Gasteiger partial charge in [0.2, 0.25) is 5.91 Å². The van der Waals surface area contributed by atoms with E-state index in [0.717, 1.165) is 21.8 Å². The van der Waals surface area contributed by atoms with Gasteiger partial charge in [-0.2, -0.15) is 0 Å². The van der Waals surface area contributed by atoms with Crippen molar-refractivity contribution in [2.45, 2.75) is 36.8 Å². The molecule has 47 heavy (non-hydrogen) atoms. The van der Waals surface area contributed by atoms with Crippen LogP contribution in [-0.4, -0.2) is 23.0 Å². The zero-order chi connectivity index (χ0) is 33.2. The Morgan fingerprint density at radius 1 is 0.660 bits per heavy atom. The van der Waals surface area contributed by atoms with E-state index in [1.165, 1.54) is 17.3 Å². The molecule has 0 aliphatic carbocycles. The molecule has 0 spiro atoms. The van der Waals surface area contributed by atoms with E-state index in [-0.39, 0.29) is 22.8 Å². The molecule has 5 aromatic carbocycles. The Kier molecular flexibility index (Phi) is 11.0. The molecule has 1 atom stereocenters. The van der Waals surface area contributed by atoms with Gasteiger partial charge >= 0.3 is 0 Å². The van der Waals surface area contributed by atoms with E-state index in [4.69, 9.17) is 0 Å². The van der Waals surface area contributed by atoms with Crippen LogP contribution >= 0.6 is 11.8 Å². The number of anilines is 3. The second kappa shape index (κ2) is 15.7. The Balaban J connectivity index is 1.30. The van der Waals surface area contributed by atoms with Crippen LogP contribution < -0.4 is 15.5 Å². The lowest BCUT2D eigenvalue weighted by molar-refractivity contribution is -0.117. The van der Waals surface area contributed by atoms with Gasteiger partial charge in [-0.3, -0.25) is 19.3 Å². The molecule has 0 aliphatic heterocycles. The van der Waals surface area contributed by atoms with Crippen LogP contribution in [0.25, 0.3) is 6.08 Å². The third-order valence-corrected chi connectivity index (χ3v) is 8.56. The van der Waals surface area contributed by atoms with Crippen molar-refractivity contribution in [2.75, 3.05) is 10.2 Å². The molecule has 0 saturated carbocycles. The molecule has 0 fully saturated rings. The number of thioether (sulfide) groups is 1. The summed E-state index contributed by atoms with van der Waals surface area (Å²) in [6.07, 6.45) is 1.67. The number of rotatable bonds is 11. The number of nitrogens with zero attached hydrogens (tertiary/aromatic N) is 1. The average Bonchev–Trinajstić information content (AvgIpc) is 3.10. The van der Waals surface area contributed by atoms with Crippen molar-refractivity contribution in [3.05, 3.63) is 162 Å². The lowest BCUT2D eigenvalue weighted by atomic mass is 10.0. The summed E-state index contributed by atoms with van der Waals surface area (Å²) in [6, 6.07) is 43.2. The first-order valence-corrected chi connectivity index (χ1v) is 16.4. The van der Waals surface area contributed by atoms with Gasteiger partial charge in [0.15, 0.2) is 0 Å². The molecule has 1 unspecified atom stereocenters. The number of nitrogens with one attached hydrogen (secondary N) is 2. The zero-order valence-corrected chi connectivity index (χ0v) is 27.4. The van der Waals surface area contributed by atoms with Gasteiger partial charge in [0.1, 0.15) is 5.70 Å². The highest BCUT2D eigenvalue weighted by Crippen LogP contribution is 2.31. The van der Waals surface area contributed by atoms with Crippen LogP contribution in [-0.2, 0) is 9.59 Å². The molecule has 236 valence electrons. The fourth-order valence-corrected chi connectivity index (χ4v) is 5.80. The number of carbonyl (C=O) groups excluding carboxylic acids is 3. The van der Waals surface area contributed by atoms with Crippen LogP contribution in [0.5, 0.6) is 0 Å². The molecule has 3 amide bonds. The summed E-state index contributed by atoms with van der Waals surface area (Å²) >= 11 is 1.44. The molecule has 0 aromatic heterocycles. The van der Waals surface area contributed by atoms with Crippen molar-refractivity contribution in [2.24, 2.45) is 0 Å². The van der Waals surface area contributed by atoms with E-state index in [1.54, 1.807) is 47.4 Å². The topological polar surface area (TPSA) is 78.5 Å². The minimum Gasteiger partial charge on any atom is -0.321 e. The van der Waals surface area contributed by atoms with E-state index in [0.29, 0.717) is 17.2 Å². The van der Waals surface area contributed by atoms with E-state index in [2.05, 4.69) is 24.5 Å². The van der Waals surface area contributed by atoms with Crippen LogP contribution in [0.4, 0.5) is 17.1 Å². The lowest BCUT2D eigenvalue weighted by Crippen LogP contribution is -2.32. The van der Waals surface area contributed by atoms with Crippen molar-refractivity contribution in [3.63, 3.8) is 0 Å². The monoisotopic (exact) mass is 639 g/mol. The van der Waals surface area contributed by atoms with Gasteiger partial charge in [0, 0.05) is 27.5 Å². The maximum absolute atomic E-state index is 13.7. The van der Waals surface area contributed by atoms with Gasteiger partial charge in [0.05, 0.1) is 5.25 Å². The molecule has 0 saturated heterocycles. The van der Waals surface area contributed by atoms with Gasteiger partial charge in [-0.25, -0.2) is 0 Å². The number of amides is 3. The number of hydrogen-bond acceptors (Lipinski definition) is 4. The minimum atomic E-state index is -0.451. The van der Waals surface area contributed by atoms with Gasteiger partial charge in [-0.05, 0) is 90.7 Å². The number of para-hydroxylation sites is 2. The van der Waals surface area contributed by atoms with Crippen LogP contribution in [0.3, 0.4) is 0 Å². The molecule has 2 N–H and O–H groups in total. The highest BCUT2D eigenvalue weighted by Gasteiger charge is 2.24. The number of benzene rings is 5. The van der Waals surface area contributed by atoms with Crippen molar-refractivity contribution in [1.29, 1.82) is 0 Å². The molecular weight excluding hydrogens is 603 g/mol. The van der Waals surface area contributed by atoms with Crippen LogP contribution in [0.2, 0.25) is 0 Å². The maximum atomic E-state index is 13.7. The first-order valence-electron chi connectivity index (χ1n) is 15.5. The molecular formula is C40H37N3O3S. The summed E-state index contributed by atoms with van der Waals surface area (Å²) in [4.78, 5) is 42.9. The van der Waals surface area contributed by atoms with E-state index >= 15 is 0 Å². The Bertz CT molecular complexity index is 1780. The zero-order valence-electron chi connectivity index (χ0n) is 26.6. The largest absolute Gasteiger partial charge is 0.321 e. The van der Waals surface area contributed by atoms with Gasteiger partial charge < -0.3 is 10.6 Å². The second-order valence-electron chi connectivity index (χ2n) is 11.3. The Morgan fingerprint density at radius 2 is 1.19 bits per heavy atom. The van der Waals surface area contributed by atoms with Crippen molar-refractivity contribution in [3.8, 4) is 0 Å².